The molecule has 0 radical (unpaired) electrons. The summed E-state index contributed by atoms with van der Waals surface area (Å²) in [7, 11) is 0. The van der Waals surface area contributed by atoms with E-state index in [-0.39, 0.29) is 11.5 Å². The topological polar surface area (TPSA) is 64.4 Å². The number of amides is 1. The summed E-state index contributed by atoms with van der Waals surface area (Å²) in [5, 5.41) is 2.77. The van der Waals surface area contributed by atoms with E-state index in [1.807, 2.05) is 45.0 Å². The number of rotatable bonds is 4. The zero-order chi connectivity index (χ0) is 13.8. The normalized spacial score (nSPS) is 12.9. The Bertz CT molecular complexity index is 409. The molecule has 0 heterocycles. The van der Waals surface area contributed by atoms with Crippen LogP contribution in [-0.2, 0) is 11.3 Å². The van der Waals surface area contributed by atoms with Crippen LogP contribution in [0.25, 0.3) is 0 Å². The van der Waals surface area contributed by atoms with Gasteiger partial charge in [-0.15, -0.1) is 0 Å². The van der Waals surface area contributed by atoms with Crippen LogP contribution in [0.4, 0.5) is 0 Å². The maximum Gasteiger partial charge on any atom is 0.236 e. The number of carbonyl (C=O) groups is 1. The zero-order valence-corrected chi connectivity index (χ0v) is 11.5. The molecule has 0 saturated heterocycles. The largest absolute Gasteiger partial charge is 0.488 e. The van der Waals surface area contributed by atoms with Crippen LogP contribution in [0, 0.1) is 0 Å². The average Bonchev–Trinajstić information content (AvgIpc) is 2.23. The fraction of sp³-hybridized carbons (Fsp3) is 0.500. The van der Waals surface area contributed by atoms with Crippen molar-refractivity contribution in [2.75, 3.05) is 0 Å². The molecule has 1 atom stereocenters. The van der Waals surface area contributed by atoms with Crippen molar-refractivity contribution in [1.82, 2.24) is 5.32 Å². The molecule has 18 heavy (non-hydrogen) atoms. The maximum absolute atomic E-state index is 11.4. The van der Waals surface area contributed by atoms with Crippen LogP contribution in [0.3, 0.4) is 0 Å². The van der Waals surface area contributed by atoms with Gasteiger partial charge in [-0.3, -0.25) is 4.79 Å². The number of carbonyl (C=O) groups excluding carboxylic acids is 1. The fourth-order valence-corrected chi connectivity index (χ4v) is 1.42. The summed E-state index contributed by atoms with van der Waals surface area (Å²) in [4.78, 5) is 11.4. The van der Waals surface area contributed by atoms with E-state index >= 15 is 0 Å². The van der Waals surface area contributed by atoms with E-state index in [1.54, 1.807) is 6.92 Å². The summed E-state index contributed by atoms with van der Waals surface area (Å²) in [5.41, 5.74) is 6.24. The maximum atomic E-state index is 11.4. The summed E-state index contributed by atoms with van der Waals surface area (Å²) >= 11 is 0. The second-order valence-corrected chi connectivity index (χ2v) is 5.37. The van der Waals surface area contributed by atoms with E-state index < -0.39 is 6.04 Å². The molecule has 0 spiro atoms. The third-order valence-corrected chi connectivity index (χ3v) is 2.20. The Hall–Kier alpha value is -1.55. The van der Waals surface area contributed by atoms with Crippen LogP contribution in [0.5, 0.6) is 5.75 Å². The van der Waals surface area contributed by atoms with E-state index in [0.717, 1.165) is 11.3 Å². The third-order valence-electron chi connectivity index (χ3n) is 2.20. The molecule has 0 saturated carbocycles. The molecule has 3 N–H and O–H groups in total. The van der Waals surface area contributed by atoms with Gasteiger partial charge in [-0.05, 0) is 45.4 Å². The highest BCUT2D eigenvalue weighted by Gasteiger charge is 2.12. The first-order chi connectivity index (χ1) is 8.28. The van der Waals surface area contributed by atoms with Crippen LogP contribution < -0.4 is 15.8 Å². The lowest BCUT2D eigenvalue weighted by molar-refractivity contribution is -0.122. The average molecular weight is 250 g/mol. The van der Waals surface area contributed by atoms with Gasteiger partial charge in [0.2, 0.25) is 5.91 Å². The Kier molecular flexibility index (Phi) is 4.73. The van der Waals surface area contributed by atoms with Crippen LogP contribution in [0.15, 0.2) is 24.3 Å². The second-order valence-electron chi connectivity index (χ2n) is 5.37. The quantitative estimate of drug-likeness (QED) is 0.856. The number of nitrogens with two attached hydrogens (primary N) is 1. The minimum atomic E-state index is -0.487. The molecule has 0 aliphatic rings. The molecule has 1 aromatic rings. The van der Waals surface area contributed by atoms with Gasteiger partial charge in [0.15, 0.2) is 0 Å². The molecule has 0 aliphatic heterocycles. The highest BCUT2D eigenvalue weighted by Crippen LogP contribution is 2.19. The van der Waals surface area contributed by atoms with Gasteiger partial charge in [-0.25, -0.2) is 0 Å². The van der Waals surface area contributed by atoms with Gasteiger partial charge in [0.25, 0.3) is 0 Å². The van der Waals surface area contributed by atoms with Crippen molar-refractivity contribution in [3.05, 3.63) is 29.8 Å². The van der Waals surface area contributed by atoms with Gasteiger partial charge >= 0.3 is 0 Å². The first-order valence-corrected chi connectivity index (χ1v) is 6.09. The smallest absolute Gasteiger partial charge is 0.236 e. The van der Waals surface area contributed by atoms with Crippen molar-refractivity contribution < 1.29 is 9.53 Å². The fourth-order valence-electron chi connectivity index (χ4n) is 1.42. The Morgan fingerprint density at radius 2 is 2.11 bits per heavy atom. The van der Waals surface area contributed by atoms with Gasteiger partial charge in [0.1, 0.15) is 11.4 Å². The lowest BCUT2D eigenvalue weighted by Crippen LogP contribution is -2.37. The van der Waals surface area contributed by atoms with Crippen molar-refractivity contribution in [3.63, 3.8) is 0 Å². The molecular weight excluding hydrogens is 228 g/mol. The number of ether oxygens (including phenoxy) is 1. The van der Waals surface area contributed by atoms with Crippen LogP contribution in [0.1, 0.15) is 33.3 Å². The summed E-state index contributed by atoms with van der Waals surface area (Å²) in [6, 6.07) is 7.19. The van der Waals surface area contributed by atoms with Gasteiger partial charge in [-0.2, -0.15) is 0 Å². The van der Waals surface area contributed by atoms with Crippen LogP contribution in [0.2, 0.25) is 0 Å². The zero-order valence-electron chi connectivity index (χ0n) is 11.5. The van der Waals surface area contributed by atoms with Crippen LogP contribution >= 0.6 is 0 Å². The summed E-state index contributed by atoms with van der Waals surface area (Å²) in [6.45, 7) is 8.11. The summed E-state index contributed by atoms with van der Waals surface area (Å²) in [5.74, 6) is 0.646. The lowest BCUT2D eigenvalue weighted by Gasteiger charge is -2.21. The van der Waals surface area contributed by atoms with Gasteiger partial charge in [0, 0.05) is 6.54 Å². The SMILES string of the molecule is CC(N)C(=O)NCc1cccc(OC(C)(C)C)c1. The molecule has 100 valence electrons. The second kappa shape index (κ2) is 5.87. The van der Waals surface area contributed by atoms with E-state index in [1.165, 1.54) is 0 Å². The molecule has 4 heteroatoms. The predicted molar refractivity (Wildman–Crippen MR) is 72.3 cm³/mol. The van der Waals surface area contributed by atoms with Crippen LogP contribution in [-0.4, -0.2) is 17.6 Å². The van der Waals surface area contributed by atoms with E-state index in [4.69, 9.17) is 10.5 Å². The first-order valence-electron chi connectivity index (χ1n) is 6.09. The predicted octanol–water partition coefficient (Wildman–Crippen LogP) is 1.83. The number of benzene rings is 1. The third kappa shape index (κ3) is 5.19. The molecule has 0 fully saturated rings. The minimum absolute atomic E-state index is 0.155. The van der Waals surface area contributed by atoms with Gasteiger partial charge in [-0.1, -0.05) is 12.1 Å². The lowest BCUT2D eigenvalue weighted by atomic mass is 10.1. The van der Waals surface area contributed by atoms with Gasteiger partial charge in [0.05, 0.1) is 6.04 Å². The van der Waals surface area contributed by atoms with Crippen molar-refractivity contribution >= 4 is 5.91 Å². The highest BCUT2D eigenvalue weighted by atomic mass is 16.5. The number of hydrogen-bond donors (Lipinski definition) is 2. The molecule has 0 aromatic heterocycles. The Labute approximate surface area is 109 Å². The molecule has 0 aliphatic carbocycles. The van der Waals surface area contributed by atoms with E-state index in [0.29, 0.717) is 6.54 Å². The molecule has 1 aromatic carbocycles. The molecular formula is C14H22N2O2. The molecule has 0 bridgehead atoms. The molecule has 1 rings (SSSR count). The Balaban J connectivity index is 2.63. The highest BCUT2D eigenvalue weighted by molar-refractivity contribution is 5.80. The Morgan fingerprint density at radius 1 is 1.44 bits per heavy atom. The van der Waals surface area contributed by atoms with Crippen molar-refractivity contribution in [1.29, 1.82) is 0 Å². The van der Waals surface area contributed by atoms with E-state index in [9.17, 15) is 4.79 Å². The summed E-state index contributed by atoms with van der Waals surface area (Å²) < 4.78 is 5.76. The number of hydrogen-bond acceptors (Lipinski definition) is 3. The standard InChI is InChI=1S/C14H22N2O2/c1-10(15)13(17)16-9-11-6-5-7-12(8-11)18-14(2,3)4/h5-8,10H,9,15H2,1-4H3,(H,16,17). The monoisotopic (exact) mass is 250 g/mol. The summed E-state index contributed by atoms with van der Waals surface area (Å²) in [6.07, 6.45) is 0. The van der Waals surface area contributed by atoms with Crippen molar-refractivity contribution in [2.45, 2.75) is 45.9 Å². The first kappa shape index (κ1) is 14.5. The molecule has 1 unspecified atom stereocenters. The minimum Gasteiger partial charge on any atom is -0.488 e. The van der Waals surface area contributed by atoms with E-state index in [2.05, 4.69) is 5.32 Å². The van der Waals surface area contributed by atoms with Gasteiger partial charge < -0.3 is 15.8 Å². The van der Waals surface area contributed by atoms with Crippen molar-refractivity contribution in [2.24, 2.45) is 5.73 Å². The Morgan fingerprint density at radius 3 is 2.67 bits per heavy atom. The molecule has 4 nitrogen and oxygen atoms in total. The van der Waals surface area contributed by atoms with Crippen molar-refractivity contribution in [3.8, 4) is 5.75 Å². The number of nitrogens with one attached hydrogen (secondary N) is 1. The molecule has 1 amide bonds.